The number of benzene rings is 2. The topological polar surface area (TPSA) is 52.6 Å². The molecular formula is C28H32O4SiTi. The Morgan fingerprint density at radius 3 is 1.59 bits per heavy atom. The van der Waals surface area contributed by atoms with Crippen LogP contribution >= 0.6 is 0 Å². The molecule has 2 aromatic carbocycles. The van der Waals surface area contributed by atoms with Gasteiger partial charge in [-0.25, -0.2) is 0 Å². The van der Waals surface area contributed by atoms with Crippen molar-refractivity contribution < 1.29 is 33.6 Å². The van der Waals surface area contributed by atoms with Gasteiger partial charge in [0.15, 0.2) is 0 Å². The predicted molar refractivity (Wildman–Crippen MR) is 134 cm³/mol. The summed E-state index contributed by atoms with van der Waals surface area (Å²) in [5.41, 5.74) is 4.67. The molecule has 6 heteroatoms. The van der Waals surface area contributed by atoms with Crippen molar-refractivity contribution in [2.45, 2.75) is 61.1 Å². The van der Waals surface area contributed by atoms with Gasteiger partial charge in [0.05, 0.1) is 0 Å². The molecule has 0 amide bonds. The fraction of sp³-hybridized carbons (Fsp3) is 0.357. The molecule has 5 rings (SSSR count). The van der Waals surface area contributed by atoms with E-state index in [4.69, 9.17) is 6.64 Å². The Morgan fingerprint density at radius 2 is 1.18 bits per heavy atom. The Kier molecular flexibility index (Phi) is 6.08. The van der Waals surface area contributed by atoms with Crippen LogP contribution in [-0.2, 0) is 33.6 Å². The molecule has 1 saturated heterocycles. The van der Waals surface area contributed by atoms with Crippen LogP contribution in [0.4, 0.5) is 0 Å². The fourth-order valence-corrected chi connectivity index (χ4v) is 20.8. The Hall–Kier alpha value is -2.21. The molecule has 3 aliphatic rings. The number of carbonyl (C=O) groups is 2. The molecule has 1 heterocycles. The van der Waals surface area contributed by atoms with Gasteiger partial charge in [0.25, 0.3) is 0 Å². The van der Waals surface area contributed by atoms with E-state index in [2.05, 4.69) is 61.6 Å². The van der Waals surface area contributed by atoms with E-state index in [1.54, 1.807) is 0 Å². The molecule has 0 spiro atoms. The minimum absolute atomic E-state index is 0.118. The fourth-order valence-electron chi connectivity index (χ4n) is 6.05. The number of hydrogen-bond donors (Lipinski definition) is 0. The molecule has 176 valence electrons. The second kappa shape index (κ2) is 8.78. The summed E-state index contributed by atoms with van der Waals surface area (Å²) in [4.78, 5) is 26.4. The molecule has 2 aromatic rings. The van der Waals surface area contributed by atoms with Crippen molar-refractivity contribution in [2.24, 2.45) is 0 Å². The summed E-state index contributed by atoms with van der Waals surface area (Å²) >= 11 is -4.27. The number of rotatable bonds is 6. The SMILES string of the molecule is CCCC(=O)[O][Ti]1([O]C(=O)CCC)[CH]2C(=Cc3ccccc32)[Si](C)(C)C2=Cc3ccccc3[CH]21. The van der Waals surface area contributed by atoms with Gasteiger partial charge in [0.1, 0.15) is 0 Å². The Morgan fingerprint density at radius 1 is 0.765 bits per heavy atom. The van der Waals surface area contributed by atoms with Crippen molar-refractivity contribution in [2.75, 3.05) is 0 Å². The van der Waals surface area contributed by atoms with E-state index in [0.717, 1.165) is 11.1 Å². The average Bonchev–Trinajstić information content (AvgIpc) is 3.39. The van der Waals surface area contributed by atoms with Crippen molar-refractivity contribution in [3.05, 3.63) is 81.2 Å². The molecule has 2 atom stereocenters. The van der Waals surface area contributed by atoms with E-state index in [-0.39, 0.29) is 20.4 Å². The third-order valence-electron chi connectivity index (χ3n) is 7.56. The monoisotopic (exact) mass is 508 g/mol. The quantitative estimate of drug-likeness (QED) is 0.406. The summed E-state index contributed by atoms with van der Waals surface area (Å²) in [7, 11) is -2.09. The first-order valence-corrected chi connectivity index (χ1v) is 18.5. The number of hydrogen-bond acceptors (Lipinski definition) is 4. The van der Waals surface area contributed by atoms with Gasteiger partial charge in [-0.1, -0.05) is 0 Å². The molecule has 0 radical (unpaired) electrons. The predicted octanol–water partition coefficient (Wildman–Crippen LogP) is 6.73. The third-order valence-corrected chi connectivity index (χ3v) is 18.4. The molecule has 1 aliphatic heterocycles. The van der Waals surface area contributed by atoms with Crippen molar-refractivity contribution >= 4 is 32.2 Å². The summed E-state index contributed by atoms with van der Waals surface area (Å²) in [5, 5.41) is 2.69. The van der Waals surface area contributed by atoms with Gasteiger partial charge in [-0.05, 0) is 0 Å². The van der Waals surface area contributed by atoms with Gasteiger partial charge in [0, 0.05) is 0 Å². The van der Waals surface area contributed by atoms with E-state index in [1.165, 1.54) is 21.5 Å². The van der Waals surface area contributed by atoms with E-state index < -0.39 is 25.4 Å². The first kappa shape index (κ1) is 23.5. The summed E-state index contributed by atoms with van der Waals surface area (Å²) < 4.78 is 13.0. The van der Waals surface area contributed by atoms with E-state index in [0.29, 0.717) is 25.7 Å². The second-order valence-corrected chi connectivity index (χ2v) is 19.2. The third kappa shape index (κ3) is 3.52. The molecule has 2 aliphatic carbocycles. The molecular weight excluding hydrogens is 476 g/mol. The molecule has 0 N–H and O–H groups in total. The zero-order valence-corrected chi connectivity index (χ0v) is 23.0. The van der Waals surface area contributed by atoms with Gasteiger partial charge < -0.3 is 0 Å². The van der Waals surface area contributed by atoms with Crippen LogP contribution in [0.25, 0.3) is 12.2 Å². The van der Waals surface area contributed by atoms with Gasteiger partial charge in [0.2, 0.25) is 0 Å². The van der Waals surface area contributed by atoms with E-state index >= 15 is 0 Å². The minimum atomic E-state index is -4.27. The van der Waals surface area contributed by atoms with Crippen LogP contribution in [0, 0.1) is 0 Å². The number of allylic oxidation sites excluding steroid dienone is 2. The number of fused-ring (bicyclic) bond motifs is 6. The summed E-state index contributed by atoms with van der Waals surface area (Å²) in [5.74, 6) is -0.471. The van der Waals surface area contributed by atoms with Crippen molar-refractivity contribution in [1.82, 2.24) is 0 Å². The molecule has 1 fully saturated rings. The van der Waals surface area contributed by atoms with Gasteiger partial charge in [-0.3, -0.25) is 0 Å². The van der Waals surface area contributed by atoms with Crippen LogP contribution in [0.2, 0.25) is 13.1 Å². The normalized spacial score (nSPS) is 22.5. The maximum atomic E-state index is 13.2. The van der Waals surface area contributed by atoms with Gasteiger partial charge in [-0.2, -0.15) is 0 Å². The van der Waals surface area contributed by atoms with Crippen molar-refractivity contribution in [3.63, 3.8) is 0 Å². The Labute approximate surface area is 207 Å². The second-order valence-electron chi connectivity index (χ2n) is 10.1. The first-order chi connectivity index (χ1) is 16.3. The van der Waals surface area contributed by atoms with Crippen molar-refractivity contribution in [1.29, 1.82) is 0 Å². The van der Waals surface area contributed by atoms with Crippen LogP contribution < -0.4 is 0 Å². The average molecular weight is 509 g/mol. The van der Waals surface area contributed by atoms with Crippen LogP contribution in [0.1, 0.15) is 70.2 Å². The van der Waals surface area contributed by atoms with Crippen LogP contribution in [0.3, 0.4) is 0 Å². The van der Waals surface area contributed by atoms with Crippen LogP contribution in [0.15, 0.2) is 58.9 Å². The summed E-state index contributed by atoms with van der Waals surface area (Å²) in [6.07, 6.45) is 6.70. The van der Waals surface area contributed by atoms with Crippen LogP contribution in [-0.4, -0.2) is 20.0 Å². The van der Waals surface area contributed by atoms with Crippen LogP contribution in [0.5, 0.6) is 0 Å². The Balaban J connectivity index is 1.80. The summed E-state index contributed by atoms with van der Waals surface area (Å²) in [6.45, 7) is 8.76. The maximum absolute atomic E-state index is 13.2. The zero-order chi connectivity index (χ0) is 24.1. The van der Waals surface area contributed by atoms with Gasteiger partial charge >= 0.3 is 208 Å². The molecule has 0 saturated carbocycles. The first-order valence-electron chi connectivity index (χ1n) is 12.4. The van der Waals surface area contributed by atoms with Gasteiger partial charge in [-0.15, -0.1) is 0 Å². The molecule has 34 heavy (non-hydrogen) atoms. The molecule has 4 nitrogen and oxygen atoms in total. The molecule has 0 bridgehead atoms. The van der Waals surface area contributed by atoms with E-state index in [1.807, 2.05) is 26.0 Å². The van der Waals surface area contributed by atoms with Crippen molar-refractivity contribution in [3.8, 4) is 0 Å². The molecule has 2 unspecified atom stereocenters. The Bertz CT molecular complexity index is 1130. The number of carbonyl (C=O) groups excluding carboxylic acids is 2. The van der Waals surface area contributed by atoms with E-state index in [9.17, 15) is 9.59 Å². The zero-order valence-electron chi connectivity index (χ0n) is 20.4. The molecule has 0 aromatic heterocycles. The summed E-state index contributed by atoms with van der Waals surface area (Å²) in [6, 6.07) is 16.8. The standard InChI is InChI=1S/C20H18Si.2C4H8O2.Ti/c1-21(2,19-11-15-7-3-4-8-16(15)12-19)20-13-17-9-5-6-10-18(17)14-20;2*1-2-3-4(5)6;/h3-14H,1-2H3;2*2-3H2,1H3,(H,5,6);/q;;;+2/p-2.